The number of rotatable bonds is 4. The summed E-state index contributed by atoms with van der Waals surface area (Å²) in [6.45, 7) is -0.0428. The Hall–Kier alpha value is -1.12. The third-order valence-corrected chi connectivity index (χ3v) is 3.60. The highest BCUT2D eigenvalue weighted by atomic mass is 79.9. The maximum absolute atomic E-state index is 11.7. The molecule has 1 rings (SSSR count). The first kappa shape index (κ1) is 13.9. The van der Waals surface area contributed by atoms with Gasteiger partial charge in [-0.15, -0.1) is 0 Å². The molecule has 17 heavy (non-hydrogen) atoms. The number of carbonyl (C=O) groups is 1. The Labute approximate surface area is 108 Å². The Morgan fingerprint density at radius 1 is 1.41 bits per heavy atom. The SMILES string of the molecule is Nc1cccc(C(=O)NCCS(N)(=O)=O)c1Br. The summed E-state index contributed by atoms with van der Waals surface area (Å²) in [5.41, 5.74) is 6.39. The molecule has 1 aromatic carbocycles. The van der Waals surface area contributed by atoms with Gasteiger partial charge in [-0.25, -0.2) is 13.6 Å². The van der Waals surface area contributed by atoms with Gasteiger partial charge in [0.05, 0.1) is 15.8 Å². The largest absolute Gasteiger partial charge is 0.398 e. The van der Waals surface area contributed by atoms with Crippen molar-refractivity contribution in [3.05, 3.63) is 28.2 Å². The highest BCUT2D eigenvalue weighted by molar-refractivity contribution is 9.10. The number of nitrogens with one attached hydrogen (secondary N) is 1. The van der Waals surface area contributed by atoms with Crippen molar-refractivity contribution < 1.29 is 13.2 Å². The van der Waals surface area contributed by atoms with Crippen LogP contribution < -0.4 is 16.2 Å². The van der Waals surface area contributed by atoms with Gasteiger partial charge in [-0.1, -0.05) is 6.07 Å². The molecule has 0 aliphatic heterocycles. The fraction of sp³-hybridized carbons (Fsp3) is 0.222. The lowest BCUT2D eigenvalue weighted by Gasteiger charge is -2.07. The van der Waals surface area contributed by atoms with E-state index in [0.29, 0.717) is 15.7 Å². The summed E-state index contributed by atoms with van der Waals surface area (Å²) in [5.74, 6) is -0.716. The molecule has 0 spiro atoms. The predicted molar refractivity (Wildman–Crippen MR) is 68.9 cm³/mol. The number of nitrogen functional groups attached to an aromatic ring is 1. The van der Waals surface area contributed by atoms with Gasteiger partial charge in [-0.05, 0) is 28.1 Å². The molecule has 0 fully saturated rings. The Morgan fingerprint density at radius 2 is 2.06 bits per heavy atom. The third-order valence-electron chi connectivity index (χ3n) is 1.95. The number of hydrogen-bond acceptors (Lipinski definition) is 4. The maximum atomic E-state index is 11.7. The topological polar surface area (TPSA) is 115 Å². The van der Waals surface area contributed by atoms with Crippen molar-refractivity contribution in [2.45, 2.75) is 0 Å². The molecule has 0 saturated heterocycles. The van der Waals surface area contributed by atoms with E-state index < -0.39 is 15.9 Å². The average Bonchev–Trinajstić information content (AvgIpc) is 2.20. The average molecular weight is 322 g/mol. The van der Waals surface area contributed by atoms with Crippen LogP contribution in [0.15, 0.2) is 22.7 Å². The molecular formula is C9H12BrN3O3S. The lowest BCUT2D eigenvalue weighted by molar-refractivity contribution is 0.0955. The lowest BCUT2D eigenvalue weighted by atomic mass is 10.2. The number of benzene rings is 1. The highest BCUT2D eigenvalue weighted by Gasteiger charge is 2.12. The molecule has 5 N–H and O–H groups in total. The van der Waals surface area contributed by atoms with Crippen molar-refractivity contribution in [1.29, 1.82) is 0 Å². The summed E-state index contributed by atoms with van der Waals surface area (Å²) in [5, 5.41) is 7.25. The monoisotopic (exact) mass is 321 g/mol. The van der Waals surface area contributed by atoms with Crippen LogP contribution in [-0.4, -0.2) is 26.6 Å². The molecule has 0 saturated carbocycles. The Balaban J connectivity index is 2.68. The zero-order valence-electron chi connectivity index (χ0n) is 8.81. The van der Waals surface area contributed by atoms with Crippen molar-refractivity contribution in [3.8, 4) is 0 Å². The van der Waals surface area contributed by atoms with Crippen LogP contribution in [0.5, 0.6) is 0 Å². The van der Waals surface area contributed by atoms with Crippen molar-refractivity contribution in [2.24, 2.45) is 5.14 Å². The van der Waals surface area contributed by atoms with Gasteiger partial charge in [0.2, 0.25) is 10.0 Å². The van der Waals surface area contributed by atoms with Gasteiger partial charge in [0.1, 0.15) is 0 Å². The van der Waals surface area contributed by atoms with Crippen LogP contribution >= 0.6 is 15.9 Å². The van der Waals surface area contributed by atoms with Gasteiger partial charge in [0, 0.05) is 12.2 Å². The van der Waals surface area contributed by atoms with Crippen molar-refractivity contribution in [2.75, 3.05) is 18.0 Å². The zero-order chi connectivity index (χ0) is 13.1. The van der Waals surface area contributed by atoms with E-state index in [1.807, 2.05) is 0 Å². The van der Waals surface area contributed by atoms with E-state index >= 15 is 0 Å². The maximum Gasteiger partial charge on any atom is 0.252 e. The van der Waals surface area contributed by atoms with E-state index in [2.05, 4.69) is 21.2 Å². The summed E-state index contributed by atoms with van der Waals surface area (Å²) in [6.07, 6.45) is 0. The van der Waals surface area contributed by atoms with Crippen LogP contribution in [0, 0.1) is 0 Å². The molecule has 0 radical (unpaired) electrons. The normalized spacial score (nSPS) is 11.2. The number of amides is 1. The number of sulfonamides is 1. The molecule has 0 unspecified atom stereocenters. The van der Waals surface area contributed by atoms with Crippen LogP contribution in [-0.2, 0) is 10.0 Å². The molecular weight excluding hydrogens is 310 g/mol. The van der Waals surface area contributed by atoms with Crippen LogP contribution in [0.2, 0.25) is 0 Å². The summed E-state index contributed by atoms with van der Waals surface area (Å²) in [6, 6.07) is 4.85. The van der Waals surface area contributed by atoms with Gasteiger partial charge in [0.15, 0.2) is 0 Å². The predicted octanol–water partition coefficient (Wildman–Crippen LogP) is 0.0496. The molecule has 1 amide bonds. The van der Waals surface area contributed by atoms with Crippen LogP contribution in [0.25, 0.3) is 0 Å². The molecule has 0 bridgehead atoms. The summed E-state index contributed by atoms with van der Waals surface area (Å²) >= 11 is 3.18. The fourth-order valence-corrected chi connectivity index (χ4v) is 1.96. The Kier molecular flexibility index (Phi) is 4.49. The fourth-order valence-electron chi connectivity index (χ4n) is 1.13. The van der Waals surface area contributed by atoms with E-state index in [0.717, 1.165) is 0 Å². The number of nitrogens with two attached hydrogens (primary N) is 2. The van der Waals surface area contributed by atoms with Crippen LogP contribution in [0.4, 0.5) is 5.69 Å². The van der Waals surface area contributed by atoms with Gasteiger partial charge in [0.25, 0.3) is 5.91 Å². The summed E-state index contributed by atoms with van der Waals surface area (Å²) < 4.78 is 21.8. The minimum atomic E-state index is -3.57. The zero-order valence-corrected chi connectivity index (χ0v) is 11.2. The van der Waals surface area contributed by atoms with Gasteiger partial charge in [-0.3, -0.25) is 4.79 Å². The highest BCUT2D eigenvalue weighted by Crippen LogP contribution is 2.23. The van der Waals surface area contributed by atoms with Crippen molar-refractivity contribution in [1.82, 2.24) is 5.32 Å². The molecule has 6 nitrogen and oxygen atoms in total. The van der Waals surface area contributed by atoms with Gasteiger partial charge in [-0.2, -0.15) is 0 Å². The molecule has 0 aliphatic carbocycles. The number of carbonyl (C=O) groups excluding carboxylic acids is 1. The Bertz CT molecular complexity index is 530. The van der Waals surface area contributed by atoms with E-state index in [1.165, 1.54) is 0 Å². The third kappa shape index (κ3) is 4.33. The smallest absolute Gasteiger partial charge is 0.252 e. The van der Waals surface area contributed by atoms with E-state index in [4.69, 9.17) is 10.9 Å². The second-order valence-corrected chi connectivity index (χ2v) is 5.86. The van der Waals surface area contributed by atoms with Crippen molar-refractivity contribution >= 4 is 37.5 Å². The van der Waals surface area contributed by atoms with Crippen LogP contribution in [0.1, 0.15) is 10.4 Å². The minimum absolute atomic E-state index is 0.0428. The molecule has 94 valence electrons. The number of anilines is 1. The summed E-state index contributed by atoms with van der Waals surface area (Å²) in [7, 11) is -3.57. The number of halogens is 1. The summed E-state index contributed by atoms with van der Waals surface area (Å²) in [4.78, 5) is 11.7. The quantitative estimate of drug-likeness (QED) is 0.679. The molecule has 1 aromatic rings. The lowest BCUT2D eigenvalue weighted by Crippen LogP contribution is -2.31. The first-order valence-corrected chi connectivity index (χ1v) is 7.15. The Morgan fingerprint density at radius 3 is 2.65 bits per heavy atom. The second kappa shape index (κ2) is 5.48. The molecule has 0 aliphatic rings. The van der Waals surface area contributed by atoms with E-state index in [1.54, 1.807) is 18.2 Å². The van der Waals surface area contributed by atoms with E-state index in [-0.39, 0.29) is 12.3 Å². The van der Waals surface area contributed by atoms with Gasteiger partial charge < -0.3 is 11.1 Å². The molecule has 0 aromatic heterocycles. The molecule has 0 atom stereocenters. The molecule has 0 heterocycles. The number of primary sulfonamides is 1. The molecule has 8 heteroatoms. The van der Waals surface area contributed by atoms with E-state index in [9.17, 15) is 13.2 Å². The second-order valence-electron chi connectivity index (χ2n) is 3.33. The number of hydrogen-bond donors (Lipinski definition) is 3. The first-order valence-electron chi connectivity index (χ1n) is 4.64. The minimum Gasteiger partial charge on any atom is -0.398 e. The first-order chi connectivity index (χ1) is 7.81. The standard InChI is InChI=1S/C9H12BrN3O3S/c10-8-6(2-1-3-7(8)11)9(14)13-4-5-17(12,15)16/h1-3H,4-5,11H2,(H,13,14)(H2,12,15,16). The van der Waals surface area contributed by atoms with Gasteiger partial charge >= 0.3 is 0 Å². The van der Waals surface area contributed by atoms with Crippen molar-refractivity contribution in [3.63, 3.8) is 0 Å². The van der Waals surface area contributed by atoms with Crippen LogP contribution in [0.3, 0.4) is 0 Å².